The number of hydrogen-bond acceptors (Lipinski definition) is 5. The van der Waals surface area contributed by atoms with Crippen LogP contribution in [-0.2, 0) is 0 Å². The molecule has 2 aliphatic heterocycles. The van der Waals surface area contributed by atoms with Crippen molar-refractivity contribution in [1.82, 2.24) is 19.6 Å². The summed E-state index contributed by atoms with van der Waals surface area (Å²) in [7, 11) is 0. The highest BCUT2D eigenvalue weighted by atomic mass is 32.2. The van der Waals surface area contributed by atoms with Crippen molar-refractivity contribution < 1.29 is 19.1 Å². The minimum atomic E-state index is -1.01. The summed E-state index contributed by atoms with van der Waals surface area (Å²) in [6.07, 6.45) is -1.01. The molecular weight excluding hydrogens is 391 g/mol. The SMILES string of the molecule is O=C(O)N1CCSCC1c1nn(C(=O)N2CCSCC2)c2cc(F)ccc12. The molecule has 1 unspecified atom stereocenters. The van der Waals surface area contributed by atoms with Crippen LogP contribution in [0.4, 0.5) is 14.0 Å². The number of carboxylic acid groups (broad SMARTS) is 1. The molecule has 0 aliphatic carbocycles. The van der Waals surface area contributed by atoms with E-state index in [2.05, 4.69) is 5.10 Å². The molecule has 3 heterocycles. The van der Waals surface area contributed by atoms with Gasteiger partial charge >= 0.3 is 12.1 Å². The molecule has 0 saturated carbocycles. The van der Waals surface area contributed by atoms with Crippen molar-refractivity contribution >= 4 is 46.6 Å². The second-order valence-corrected chi connectivity index (χ2v) is 8.78. The van der Waals surface area contributed by atoms with E-state index >= 15 is 0 Å². The molecule has 0 radical (unpaired) electrons. The van der Waals surface area contributed by atoms with E-state index in [1.807, 2.05) is 0 Å². The summed E-state index contributed by atoms with van der Waals surface area (Å²) in [5.74, 6) is 2.55. The molecule has 7 nitrogen and oxygen atoms in total. The largest absolute Gasteiger partial charge is 0.465 e. The van der Waals surface area contributed by atoms with E-state index in [4.69, 9.17) is 0 Å². The summed E-state index contributed by atoms with van der Waals surface area (Å²) in [5.41, 5.74) is 0.897. The number of rotatable bonds is 1. The fourth-order valence-electron chi connectivity index (χ4n) is 3.45. The zero-order chi connectivity index (χ0) is 19.0. The van der Waals surface area contributed by atoms with Crippen molar-refractivity contribution in [1.29, 1.82) is 0 Å². The number of benzene rings is 1. The lowest BCUT2D eigenvalue weighted by atomic mass is 10.1. The van der Waals surface area contributed by atoms with Gasteiger partial charge < -0.3 is 10.0 Å². The first-order chi connectivity index (χ1) is 13.1. The first-order valence-electron chi connectivity index (χ1n) is 8.69. The van der Waals surface area contributed by atoms with Crippen LogP contribution in [0.15, 0.2) is 18.2 Å². The molecule has 10 heteroatoms. The Morgan fingerprint density at radius 2 is 1.89 bits per heavy atom. The predicted octanol–water partition coefficient (Wildman–Crippen LogP) is 2.96. The number of carbonyl (C=O) groups is 2. The van der Waals surface area contributed by atoms with Gasteiger partial charge in [-0.15, -0.1) is 0 Å². The van der Waals surface area contributed by atoms with Crippen molar-refractivity contribution in [2.45, 2.75) is 6.04 Å². The van der Waals surface area contributed by atoms with Gasteiger partial charge in [0.15, 0.2) is 0 Å². The van der Waals surface area contributed by atoms with Crippen LogP contribution in [-0.4, -0.2) is 79.5 Å². The van der Waals surface area contributed by atoms with Crippen LogP contribution in [0.2, 0.25) is 0 Å². The summed E-state index contributed by atoms with van der Waals surface area (Å²) in [4.78, 5) is 27.7. The number of hydrogen-bond donors (Lipinski definition) is 1. The van der Waals surface area contributed by atoms with Crippen molar-refractivity contribution in [2.75, 3.05) is 42.6 Å². The summed E-state index contributed by atoms with van der Waals surface area (Å²) in [6.45, 7) is 1.64. The molecule has 2 amide bonds. The molecule has 144 valence electrons. The molecule has 1 atom stereocenters. The maximum Gasteiger partial charge on any atom is 0.407 e. The van der Waals surface area contributed by atoms with Crippen LogP contribution in [0.3, 0.4) is 0 Å². The minimum absolute atomic E-state index is 0.289. The van der Waals surface area contributed by atoms with Gasteiger partial charge in [-0.2, -0.15) is 33.3 Å². The zero-order valence-electron chi connectivity index (χ0n) is 14.5. The second kappa shape index (κ2) is 7.59. The maximum absolute atomic E-state index is 13.9. The lowest BCUT2D eigenvalue weighted by Gasteiger charge is -2.32. The second-order valence-electron chi connectivity index (χ2n) is 6.41. The Labute approximate surface area is 163 Å². The number of aromatic nitrogens is 2. The van der Waals surface area contributed by atoms with E-state index in [-0.39, 0.29) is 6.03 Å². The van der Waals surface area contributed by atoms with Crippen LogP contribution in [0.1, 0.15) is 11.7 Å². The third-order valence-corrected chi connectivity index (χ3v) is 6.79. The number of amides is 2. The van der Waals surface area contributed by atoms with Gasteiger partial charge in [0.25, 0.3) is 0 Å². The normalized spacial score (nSPS) is 20.9. The van der Waals surface area contributed by atoms with E-state index < -0.39 is 18.0 Å². The van der Waals surface area contributed by atoms with Crippen molar-refractivity contribution in [3.05, 3.63) is 29.7 Å². The highest BCUT2D eigenvalue weighted by molar-refractivity contribution is 7.99. The molecule has 4 rings (SSSR count). The molecule has 27 heavy (non-hydrogen) atoms. The monoisotopic (exact) mass is 410 g/mol. The van der Waals surface area contributed by atoms with Gasteiger partial charge in [-0.25, -0.2) is 14.0 Å². The van der Waals surface area contributed by atoms with Gasteiger partial charge in [0.1, 0.15) is 5.82 Å². The van der Waals surface area contributed by atoms with Crippen LogP contribution >= 0.6 is 23.5 Å². The Bertz CT molecular complexity index is 884. The lowest BCUT2D eigenvalue weighted by Crippen LogP contribution is -2.41. The number of fused-ring (bicyclic) bond motifs is 1. The fourth-order valence-corrected chi connectivity index (χ4v) is 5.41. The highest BCUT2D eigenvalue weighted by Crippen LogP contribution is 2.34. The molecule has 1 aromatic heterocycles. The van der Waals surface area contributed by atoms with E-state index in [9.17, 15) is 19.1 Å². The van der Waals surface area contributed by atoms with Gasteiger partial charge in [-0.05, 0) is 12.1 Å². The number of halogens is 1. The molecule has 2 aliphatic rings. The number of nitrogens with zero attached hydrogens (tertiary/aromatic N) is 4. The first kappa shape index (κ1) is 18.4. The maximum atomic E-state index is 13.9. The molecule has 1 N–H and O–H groups in total. The van der Waals surface area contributed by atoms with Gasteiger partial charge in [-0.3, -0.25) is 4.90 Å². The molecule has 1 aromatic carbocycles. The topological polar surface area (TPSA) is 78.7 Å². The lowest BCUT2D eigenvalue weighted by molar-refractivity contribution is 0.130. The van der Waals surface area contributed by atoms with Crippen LogP contribution in [0, 0.1) is 5.82 Å². The van der Waals surface area contributed by atoms with Crippen LogP contribution in [0.5, 0.6) is 0 Å². The fraction of sp³-hybridized carbons (Fsp3) is 0.471. The molecule has 0 spiro atoms. The third-order valence-electron chi connectivity index (χ3n) is 4.82. The van der Waals surface area contributed by atoms with Crippen LogP contribution in [0.25, 0.3) is 10.9 Å². The molecule has 2 saturated heterocycles. The zero-order valence-corrected chi connectivity index (χ0v) is 16.1. The van der Waals surface area contributed by atoms with Crippen molar-refractivity contribution in [3.63, 3.8) is 0 Å². The van der Waals surface area contributed by atoms with Crippen molar-refractivity contribution in [3.8, 4) is 0 Å². The van der Waals surface area contributed by atoms with E-state index in [0.717, 1.165) is 17.3 Å². The van der Waals surface area contributed by atoms with Crippen LogP contribution < -0.4 is 0 Å². The molecule has 2 aromatic rings. The number of thioether (sulfide) groups is 2. The summed E-state index contributed by atoms with van der Waals surface area (Å²) in [6, 6.07) is 3.45. The van der Waals surface area contributed by atoms with E-state index in [1.165, 1.54) is 21.7 Å². The Balaban J connectivity index is 1.79. The molecular formula is C17H19FN4O3S2. The first-order valence-corrected chi connectivity index (χ1v) is 11.0. The quantitative estimate of drug-likeness (QED) is 0.779. The summed E-state index contributed by atoms with van der Waals surface area (Å²) >= 11 is 3.44. The van der Waals surface area contributed by atoms with Gasteiger partial charge in [-0.1, -0.05) is 0 Å². The molecule has 0 bridgehead atoms. The Hall–Kier alpha value is -1.94. The smallest absolute Gasteiger partial charge is 0.407 e. The summed E-state index contributed by atoms with van der Waals surface area (Å²) in [5, 5.41) is 14.7. The Kier molecular flexibility index (Phi) is 5.18. The summed E-state index contributed by atoms with van der Waals surface area (Å²) < 4.78 is 15.1. The van der Waals surface area contributed by atoms with E-state index in [0.29, 0.717) is 42.0 Å². The van der Waals surface area contributed by atoms with Gasteiger partial charge in [0.2, 0.25) is 0 Å². The van der Waals surface area contributed by atoms with Crippen molar-refractivity contribution in [2.24, 2.45) is 0 Å². The standard InChI is InChI=1S/C17H19FN4O3S2/c18-11-1-2-12-13(9-11)22(16(23)20-3-6-26-7-4-20)19-15(12)14-10-27-8-5-21(14)17(24)25/h1-2,9,14H,3-8,10H2,(H,24,25). The average Bonchev–Trinajstić information content (AvgIpc) is 3.06. The van der Waals surface area contributed by atoms with Gasteiger partial charge in [0.05, 0.1) is 17.3 Å². The Morgan fingerprint density at radius 3 is 2.63 bits per heavy atom. The van der Waals surface area contributed by atoms with Gasteiger partial charge in [0, 0.05) is 54.1 Å². The molecule has 2 fully saturated rings. The number of carbonyl (C=O) groups excluding carboxylic acids is 1. The Morgan fingerprint density at radius 1 is 1.15 bits per heavy atom. The highest BCUT2D eigenvalue weighted by Gasteiger charge is 2.33. The average molecular weight is 410 g/mol. The third kappa shape index (κ3) is 3.47. The predicted molar refractivity (Wildman–Crippen MR) is 104 cm³/mol. The van der Waals surface area contributed by atoms with E-state index in [1.54, 1.807) is 34.5 Å². The minimum Gasteiger partial charge on any atom is -0.465 e.